The van der Waals surface area contributed by atoms with E-state index in [1.807, 2.05) is 12.1 Å². The van der Waals surface area contributed by atoms with E-state index in [-0.39, 0.29) is 10.6 Å². The Labute approximate surface area is 177 Å². The first-order chi connectivity index (χ1) is 14.7. The molecule has 1 fully saturated rings. The molecule has 0 aliphatic carbocycles. The minimum atomic E-state index is -0.339. The zero-order chi connectivity index (χ0) is 20.8. The van der Waals surface area contributed by atoms with Crippen molar-refractivity contribution in [3.05, 3.63) is 100 Å². The summed E-state index contributed by atoms with van der Waals surface area (Å²) in [6.07, 6.45) is 2.19. The number of nitrogens with zero attached hydrogens (tertiary/aromatic N) is 2. The van der Waals surface area contributed by atoms with Crippen LogP contribution in [-0.4, -0.2) is 29.0 Å². The highest BCUT2D eigenvalue weighted by Gasteiger charge is 2.19. The molecule has 1 aliphatic rings. The van der Waals surface area contributed by atoms with Crippen LogP contribution < -0.4 is 5.32 Å². The van der Waals surface area contributed by atoms with Crippen molar-refractivity contribution in [3.8, 4) is 11.1 Å². The molecule has 0 saturated carbocycles. The normalized spacial score (nSPS) is 15.2. The Morgan fingerprint density at radius 2 is 1.57 bits per heavy atom. The van der Waals surface area contributed by atoms with Crippen molar-refractivity contribution >= 4 is 5.69 Å². The van der Waals surface area contributed by atoms with Gasteiger partial charge in [-0.25, -0.2) is 0 Å². The molecule has 5 nitrogen and oxygen atoms in total. The van der Waals surface area contributed by atoms with Crippen LogP contribution in [0, 0.1) is 10.1 Å². The second kappa shape index (κ2) is 9.65. The number of piperidine rings is 1. The number of hydrogen-bond donors (Lipinski definition) is 1. The van der Waals surface area contributed by atoms with Crippen LogP contribution in [0.4, 0.5) is 5.69 Å². The molecule has 3 aromatic carbocycles. The van der Waals surface area contributed by atoms with Gasteiger partial charge in [-0.15, -0.1) is 0 Å². The van der Waals surface area contributed by atoms with Crippen molar-refractivity contribution in [1.29, 1.82) is 0 Å². The van der Waals surface area contributed by atoms with Crippen molar-refractivity contribution in [2.24, 2.45) is 0 Å². The minimum Gasteiger partial charge on any atom is -0.310 e. The number of benzene rings is 3. The molecule has 5 heteroatoms. The second-order valence-electron chi connectivity index (χ2n) is 7.92. The standard InChI is InChI=1S/C25H27N3O2/c29-28(30)25-8-4-5-21(17-25)18-26-24-13-15-27(16-14-24)19-20-9-11-23(12-10-20)22-6-2-1-3-7-22/h1-12,17,24,26H,13-16,18-19H2. The van der Waals surface area contributed by atoms with Gasteiger partial charge in [0.25, 0.3) is 5.69 Å². The Morgan fingerprint density at radius 1 is 0.867 bits per heavy atom. The number of rotatable bonds is 7. The minimum absolute atomic E-state index is 0.155. The predicted octanol–water partition coefficient (Wildman–Crippen LogP) is 5.02. The summed E-state index contributed by atoms with van der Waals surface area (Å²) < 4.78 is 0. The van der Waals surface area contributed by atoms with E-state index >= 15 is 0 Å². The molecule has 0 aromatic heterocycles. The van der Waals surface area contributed by atoms with Crippen LogP contribution in [0.3, 0.4) is 0 Å². The highest BCUT2D eigenvalue weighted by atomic mass is 16.6. The van der Waals surface area contributed by atoms with Crippen molar-refractivity contribution < 1.29 is 4.92 Å². The fourth-order valence-electron chi connectivity index (χ4n) is 4.03. The Balaban J connectivity index is 1.24. The quantitative estimate of drug-likeness (QED) is 0.446. The molecule has 1 heterocycles. The highest BCUT2D eigenvalue weighted by molar-refractivity contribution is 5.63. The van der Waals surface area contributed by atoms with Crippen LogP contribution in [0.15, 0.2) is 78.9 Å². The van der Waals surface area contributed by atoms with Crippen molar-refractivity contribution in [2.75, 3.05) is 13.1 Å². The summed E-state index contributed by atoms with van der Waals surface area (Å²) in [5, 5.41) is 14.5. The van der Waals surface area contributed by atoms with E-state index in [1.165, 1.54) is 22.8 Å². The van der Waals surface area contributed by atoms with Gasteiger partial charge in [-0.2, -0.15) is 0 Å². The average Bonchev–Trinajstić information content (AvgIpc) is 2.80. The van der Waals surface area contributed by atoms with Crippen molar-refractivity contribution in [1.82, 2.24) is 10.2 Å². The summed E-state index contributed by atoms with van der Waals surface area (Å²) >= 11 is 0. The Morgan fingerprint density at radius 3 is 2.27 bits per heavy atom. The van der Waals surface area contributed by atoms with Gasteiger partial charge in [0.1, 0.15) is 0 Å². The first kappa shape index (κ1) is 20.3. The summed E-state index contributed by atoms with van der Waals surface area (Å²) in [7, 11) is 0. The third-order valence-corrected chi connectivity index (χ3v) is 5.77. The summed E-state index contributed by atoms with van der Waals surface area (Å²) in [5.74, 6) is 0. The molecule has 0 amide bonds. The van der Waals surface area contributed by atoms with Gasteiger partial charge in [0.15, 0.2) is 0 Å². The van der Waals surface area contributed by atoms with Gasteiger partial charge in [-0.1, -0.05) is 66.7 Å². The largest absolute Gasteiger partial charge is 0.310 e. The number of non-ortho nitro benzene ring substituents is 1. The molecule has 0 spiro atoms. The molecule has 0 bridgehead atoms. The second-order valence-corrected chi connectivity index (χ2v) is 7.92. The number of nitro groups is 1. The SMILES string of the molecule is O=[N+]([O-])c1cccc(CNC2CCN(Cc3ccc(-c4ccccc4)cc3)CC2)c1. The third kappa shape index (κ3) is 5.32. The van der Waals surface area contributed by atoms with Crippen LogP contribution in [-0.2, 0) is 13.1 Å². The molecule has 0 atom stereocenters. The molecule has 0 radical (unpaired) electrons. The molecule has 3 aromatic rings. The number of hydrogen-bond acceptors (Lipinski definition) is 4. The van der Waals surface area contributed by atoms with Gasteiger partial charge in [0.2, 0.25) is 0 Å². The van der Waals surface area contributed by atoms with Gasteiger partial charge < -0.3 is 5.32 Å². The third-order valence-electron chi connectivity index (χ3n) is 5.77. The maximum Gasteiger partial charge on any atom is 0.269 e. The smallest absolute Gasteiger partial charge is 0.269 e. The Kier molecular flexibility index (Phi) is 6.52. The first-order valence-electron chi connectivity index (χ1n) is 10.5. The Hall–Kier alpha value is -3.02. The van der Waals surface area contributed by atoms with Crippen LogP contribution in [0.1, 0.15) is 24.0 Å². The lowest BCUT2D eigenvalue weighted by Gasteiger charge is -2.32. The molecule has 4 rings (SSSR count). The maximum absolute atomic E-state index is 10.9. The zero-order valence-corrected chi connectivity index (χ0v) is 17.0. The number of nitrogens with one attached hydrogen (secondary N) is 1. The van der Waals surface area contributed by atoms with E-state index in [0.29, 0.717) is 12.6 Å². The molecule has 0 unspecified atom stereocenters. The lowest BCUT2D eigenvalue weighted by Crippen LogP contribution is -2.41. The molecule has 154 valence electrons. The van der Waals surface area contributed by atoms with Gasteiger partial charge in [0, 0.05) is 31.3 Å². The molecule has 1 saturated heterocycles. The maximum atomic E-state index is 10.9. The molecular weight excluding hydrogens is 374 g/mol. The van der Waals surface area contributed by atoms with E-state index in [2.05, 4.69) is 58.7 Å². The lowest BCUT2D eigenvalue weighted by atomic mass is 10.0. The first-order valence-corrected chi connectivity index (χ1v) is 10.5. The van der Waals surface area contributed by atoms with Crippen LogP contribution in [0.5, 0.6) is 0 Å². The van der Waals surface area contributed by atoms with E-state index in [4.69, 9.17) is 0 Å². The number of nitro benzene ring substituents is 1. The topological polar surface area (TPSA) is 58.4 Å². The molecule has 1 N–H and O–H groups in total. The molecule has 30 heavy (non-hydrogen) atoms. The highest BCUT2D eigenvalue weighted by Crippen LogP contribution is 2.21. The Bertz CT molecular complexity index is 965. The number of likely N-dealkylation sites (tertiary alicyclic amines) is 1. The summed E-state index contributed by atoms with van der Waals surface area (Å²) in [4.78, 5) is 13.1. The van der Waals surface area contributed by atoms with Crippen LogP contribution in [0.2, 0.25) is 0 Å². The lowest BCUT2D eigenvalue weighted by molar-refractivity contribution is -0.384. The average molecular weight is 402 g/mol. The van der Waals surface area contributed by atoms with Crippen LogP contribution >= 0.6 is 0 Å². The predicted molar refractivity (Wildman–Crippen MR) is 120 cm³/mol. The zero-order valence-electron chi connectivity index (χ0n) is 17.0. The van der Waals surface area contributed by atoms with Crippen molar-refractivity contribution in [2.45, 2.75) is 32.0 Å². The van der Waals surface area contributed by atoms with Gasteiger partial charge >= 0.3 is 0 Å². The fraction of sp³-hybridized carbons (Fsp3) is 0.280. The van der Waals surface area contributed by atoms with Gasteiger partial charge in [0.05, 0.1) is 4.92 Å². The fourth-order valence-corrected chi connectivity index (χ4v) is 4.03. The van der Waals surface area contributed by atoms with Crippen molar-refractivity contribution in [3.63, 3.8) is 0 Å². The summed E-state index contributed by atoms with van der Waals surface area (Å²) in [6, 6.07) is 26.7. The van der Waals surface area contributed by atoms with E-state index < -0.39 is 0 Å². The molecule has 1 aliphatic heterocycles. The van der Waals surface area contributed by atoms with E-state index in [1.54, 1.807) is 12.1 Å². The van der Waals surface area contributed by atoms with Gasteiger partial charge in [-0.3, -0.25) is 15.0 Å². The van der Waals surface area contributed by atoms with Gasteiger partial charge in [-0.05, 0) is 48.2 Å². The van der Waals surface area contributed by atoms with E-state index in [9.17, 15) is 10.1 Å². The van der Waals surface area contributed by atoms with Crippen LogP contribution in [0.25, 0.3) is 11.1 Å². The monoisotopic (exact) mass is 401 g/mol. The van der Waals surface area contributed by atoms with E-state index in [0.717, 1.165) is 38.0 Å². The molecular formula is C25H27N3O2. The summed E-state index contributed by atoms with van der Waals surface area (Å²) in [5.41, 5.74) is 4.97. The summed E-state index contributed by atoms with van der Waals surface area (Å²) in [6.45, 7) is 3.78.